The number of hydrogen-bond acceptors (Lipinski definition) is 6. The molecule has 8 nitrogen and oxygen atoms in total. The van der Waals surface area contributed by atoms with E-state index in [1.165, 1.54) is 6.07 Å². The normalized spacial score (nSPS) is 16.4. The third kappa shape index (κ3) is 4.05. The second-order valence-corrected chi connectivity index (χ2v) is 5.82. The van der Waals surface area contributed by atoms with Gasteiger partial charge in [0, 0.05) is 19.6 Å². The van der Waals surface area contributed by atoms with Crippen LogP contribution >= 0.6 is 0 Å². The molecule has 0 aromatic heterocycles. The number of aromatic carboxylic acids is 1. The predicted octanol–water partition coefficient (Wildman–Crippen LogP) is -1.62. The lowest BCUT2D eigenvalue weighted by molar-refractivity contribution is -0.308. The molecule has 1 aromatic rings. The highest BCUT2D eigenvalue weighted by Crippen LogP contribution is 2.33. The zero-order valence-electron chi connectivity index (χ0n) is 13.3. The molecule has 1 unspecified atom stereocenters. The second-order valence-electron chi connectivity index (χ2n) is 5.82. The number of ether oxygens (including phenoxy) is 1. The van der Waals surface area contributed by atoms with Crippen LogP contribution in [0.3, 0.4) is 0 Å². The Balaban J connectivity index is 2.02. The molecule has 1 aromatic carbocycles. The van der Waals surface area contributed by atoms with Crippen LogP contribution in [-0.2, 0) is 11.2 Å². The molecule has 1 saturated heterocycles. The lowest BCUT2D eigenvalue weighted by Gasteiger charge is -2.39. The minimum absolute atomic E-state index is 0.114. The minimum Gasteiger partial charge on any atom is -0.507 e. The fourth-order valence-electron chi connectivity index (χ4n) is 2.58. The van der Waals surface area contributed by atoms with Crippen LogP contribution in [0.1, 0.15) is 15.9 Å². The van der Waals surface area contributed by atoms with Crippen LogP contribution in [0.15, 0.2) is 12.1 Å². The Hall–Kier alpha value is -2.10. The zero-order chi connectivity index (χ0) is 17.9. The lowest BCUT2D eigenvalue weighted by atomic mass is 9.95. The molecule has 0 bridgehead atoms. The topological polar surface area (TPSA) is 141 Å². The van der Waals surface area contributed by atoms with Gasteiger partial charge in [0.2, 0.25) is 0 Å². The van der Waals surface area contributed by atoms with E-state index in [0.717, 1.165) is 0 Å². The van der Waals surface area contributed by atoms with Crippen molar-refractivity contribution in [3.05, 3.63) is 23.3 Å². The molecule has 0 spiro atoms. The largest absolute Gasteiger partial charge is 0.507 e. The summed E-state index contributed by atoms with van der Waals surface area (Å²) >= 11 is 0. The maximum absolute atomic E-state index is 11.4. The molecule has 128 valence electrons. The van der Waals surface area contributed by atoms with E-state index < -0.39 is 12.0 Å². The number of nitrogens with zero attached hydrogens (tertiary/aromatic N) is 1. The van der Waals surface area contributed by atoms with Crippen molar-refractivity contribution in [2.45, 2.75) is 24.9 Å². The van der Waals surface area contributed by atoms with Crippen molar-refractivity contribution < 1.29 is 30.3 Å². The Labute approximate surface area is 140 Å². The van der Waals surface area contributed by atoms with Gasteiger partial charge in [0.25, 0.3) is 0 Å². The monoisotopic (exact) mass is 334 g/mol. The lowest BCUT2D eigenvalue weighted by Crippen LogP contribution is -2.68. The van der Waals surface area contributed by atoms with E-state index in [1.54, 1.807) is 6.07 Å². The maximum atomic E-state index is 11.4. The molecule has 0 aliphatic carbocycles. The highest BCUT2D eigenvalue weighted by molar-refractivity contribution is 6.08. The number of aryl methyl sites for hydroxylation is 1. The molecular formula is C15H21BN3O5+. The summed E-state index contributed by atoms with van der Waals surface area (Å²) in [7, 11) is 5.45. The smallest absolute Gasteiger partial charge is 0.343 e. The van der Waals surface area contributed by atoms with Crippen LogP contribution in [0, 0.1) is 0 Å². The quantitative estimate of drug-likeness (QED) is 0.419. The number of aromatic hydroxyl groups is 1. The van der Waals surface area contributed by atoms with E-state index in [9.17, 15) is 19.8 Å². The van der Waals surface area contributed by atoms with Gasteiger partial charge in [-0.25, -0.2) is 9.59 Å². The van der Waals surface area contributed by atoms with Crippen LogP contribution in [0.25, 0.3) is 0 Å². The first kappa shape index (κ1) is 18.2. The number of carbonyl (C=O) groups excluding carboxylic acids is 1. The van der Waals surface area contributed by atoms with Crippen molar-refractivity contribution in [2.24, 2.45) is 5.73 Å². The van der Waals surface area contributed by atoms with Gasteiger partial charge < -0.3 is 20.7 Å². The third-order valence-corrected chi connectivity index (χ3v) is 3.94. The Morgan fingerprint density at radius 2 is 2.12 bits per heavy atom. The number of carbonyl (C=O) groups is 2. The SMILES string of the molecule is [B]CCc1ccc(OC2CN(CC(N)C([NH3+])=O)C2)c(C(=O)O)c1O. The fourth-order valence-corrected chi connectivity index (χ4v) is 2.58. The van der Waals surface area contributed by atoms with Gasteiger partial charge >= 0.3 is 11.9 Å². The number of benzene rings is 1. The van der Waals surface area contributed by atoms with Crippen LogP contribution in [-0.4, -0.2) is 66.6 Å². The third-order valence-electron chi connectivity index (χ3n) is 3.94. The number of nitrogens with two attached hydrogens (primary N) is 1. The predicted molar refractivity (Wildman–Crippen MR) is 86.1 cm³/mol. The van der Waals surface area contributed by atoms with Gasteiger partial charge in [0.05, 0.1) is 7.85 Å². The molecule has 0 saturated carbocycles. The average molecular weight is 334 g/mol. The summed E-state index contributed by atoms with van der Waals surface area (Å²) in [6.07, 6.45) is 0.450. The molecule has 9 heteroatoms. The van der Waals surface area contributed by atoms with Gasteiger partial charge in [0.1, 0.15) is 29.2 Å². The van der Waals surface area contributed by atoms with Crippen molar-refractivity contribution >= 4 is 19.7 Å². The fraction of sp³-hybridized carbons (Fsp3) is 0.467. The van der Waals surface area contributed by atoms with Gasteiger partial charge in [-0.15, -0.1) is 0 Å². The van der Waals surface area contributed by atoms with Crippen LogP contribution in [0.2, 0.25) is 6.32 Å². The zero-order valence-corrected chi connectivity index (χ0v) is 13.3. The van der Waals surface area contributed by atoms with Gasteiger partial charge in [-0.3, -0.25) is 10.6 Å². The number of carboxylic acids is 1. The van der Waals surface area contributed by atoms with E-state index in [4.69, 9.17) is 18.3 Å². The number of phenols is 1. The molecule has 24 heavy (non-hydrogen) atoms. The Morgan fingerprint density at radius 1 is 1.46 bits per heavy atom. The number of likely N-dealkylation sites (tertiary alicyclic amines) is 1. The standard InChI is InChI=1S/C15H20BN3O5/c16-4-3-8-1-2-11(12(13(8)20)15(22)23)24-9-5-19(6-9)7-10(17)14(18)21/h1-2,9-10,20H,3-7,17H2,(H2,18,21)(H,22,23)/p+1. The molecule has 1 aliphatic rings. The highest BCUT2D eigenvalue weighted by Gasteiger charge is 2.32. The number of quaternary nitrogens is 1. The molecule has 1 atom stereocenters. The van der Waals surface area contributed by atoms with Gasteiger partial charge in [-0.2, -0.15) is 0 Å². The molecule has 1 aliphatic heterocycles. The van der Waals surface area contributed by atoms with Crippen molar-refractivity contribution in [3.63, 3.8) is 0 Å². The molecule has 2 radical (unpaired) electrons. The van der Waals surface area contributed by atoms with Gasteiger partial charge in [0.15, 0.2) is 0 Å². The number of rotatable bonds is 8. The molecule has 1 heterocycles. The molecular weight excluding hydrogens is 313 g/mol. The van der Waals surface area contributed by atoms with Crippen molar-refractivity contribution in [2.75, 3.05) is 19.6 Å². The Kier molecular flexibility index (Phi) is 5.82. The first-order valence-corrected chi connectivity index (χ1v) is 7.62. The van der Waals surface area contributed by atoms with Gasteiger partial charge in [-0.05, 0) is 18.1 Å². The summed E-state index contributed by atoms with van der Waals surface area (Å²) in [5.41, 5.74) is 9.12. The minimum atomic E-state index is -1.26. The molecule has 7 N–H and O–H groups in total. The van der Waals surface area contributed by atoms with Crippen molar-refractivity contribution in [3.8, 4) is 11.5 Å². The van der Waals surface area contributed by atoms with Gasteiger partial charge in [-0.1, -0.05) is 12.4 Å². The molecule has 1 fully saturated rings. The number of amides is 1. The Morgan fingerprint density at radius 3 is 2.67 bits per heavy atom. The number of carboxylic acid groups (broad SMARTS) is 1. The average Bonchev–Trinajstić information content (AvgIpc) is 2.47. The van der Waals surface area contributed by atoms with Crippen LogP contribution in [0.5, 0.6) is 11.5 Å². The van der Waals surface area contributed by atoms with Crippen molar-refractivity contribution in [1.82, 2.24) is 4.90 Å². The summed E-state index contributed by atoms with van der Waals surface area (Å²) in [6, 6.07) is 2.50. The Bertz CT molecular complexity index is 634. The maximum Gasteiger partial charge on any atom is 0.343 e. The van der Waals surface area contributed by atoms with E-state index in [-0.39, 0.29) is 29.1 Å². The highest BCUT2D eigenvalue weighted by atomic mass is 16.5. The van der Waals surface area contributed by atoms with E-state index in [1.807, 2.05) is 4.90 Å². The summed E-state index contributed by atoms with van der Waals surface area (Å²) in [6.45, 7) is 1.42. The first-order valence-electron chi connectivity index (χ1n) is 7.62. The van der Waals surface area contributed by atoms with Crippen LogP contribution in [0.4, 0.5) is 0 Å². The van der Waals surface area contributed by atoms with E-state index >= 15 is 0 Å². The summed E-state index contributed by atoms with van der Waals surface area (Å²) in [5.74, 6) is -1.79. The van der Waals surface area contributed by atoms with E-state index in [0.29, 0.717) is 37.9 Å². The molecule has 1 amide bonds. The first-order chi connectivity index (χ1) is 11.3. The van der Waals surface area contributed by atoms with Crippen LogP contribution < -0.4 is 16.2 Å². The van der Waals surface area contributed by atoms with Crippen molar-refractivity contribution in [1.29, 1.82) is 0 Å². The summed E-state index contributed by atoms with van der Waals surface area (Å²) < 4.78 is 5.67. The summed E-state index contributed by atoms with van der Waals surface area (Å²) in [5, 5.41) is 19.5. The second kappa shape index (κ2) is 7.65. The molecule has 2 rings (SSSR count). The summed E-state index contributed by atoms with van der Waals surface area (Å²) in [4.78, 5) is 24.4. The van der Waals surface area contributed by atoms with E-state index in [2.05, 4.69) is 5.73 Å². The number of hydrogen-bond donors (Lipinski definition) is 4.